The molecule has 4 heteroatoms. The Kier molecular flexibility index (Phi) is 4.31. The molecule has 1 atom stereocenters. The maximum absolute atomic E-state index is 4.42. The number of nitrogens with zero attached hydrogens (tertiary/aromatic N) is 2. The number of rotatable bonds is 5. The van der Waals surface area contributed by atoms with Gasteiger partial charge in [-0.1, -0.05) is 19.9 Å². The van der Waals surface area contributed by atoms with Gasteiger partial charge in [0.15, 0.2) is 0 Å². The Balaban J connectivity index is 1.99. The summed E-state index contributed by atoms with van der Waals surface area (Å²) in [6.07, 6.45) is 0.943. The lowest BCUT2D eigenvalue weighted by atomic mass is 10.1. The molecule has 0 aliphatic rings. The lowest BCUT2D eigenvalue weighted by Crippen LogP contribution is -2.11. The van der Waals surface area contributed by atoms with Crippen molar-refractivity contribution < 1.29 is 0 Å². The van der Waals surface area contributed by atoms with Crippen LogP contribution in [0.5, 0.6) is 0 Å². The van der Waals surface area contributed by atoms with E-state index < -0.39 is 0 Å². The minimum atomic E-state index is 0.505. The number of aryl methyl sites for hydroxylation is 2. The Morgan fingerprint density at radius 2 is 2.22 bits per heavy atom. The van der Waals surface area contributed by atoms with Crippen LogP contribution >= 0.6 is 11.3 Å². The fourth-order valence-corrected chi connectivity index (χ4v) is 2.62. The van der Waals surface area contributed by atoms with Gasteiger partial charge in [0.05, 0.1) is 0 Å². The van der Waals surface area contributed by atoms with Crippen LogP contribution < -0.4 is 5.32 Å². The highest BCUT2D eigenvalue weighted by Crippen LogP contribution is 2.21. The molecule has 0 radical (unpaired) electrons. The molecule has 0 amide bonds. The topological polar surface area (TPSA) is 37.8 Å². The van der Waals surface area contributed by atoms with Crippen LogP contribution in [-0.2, 0) is 6.42 Å². The second-order valence-corrected chi connectivity index (χ2v) is 5.42. The summed E-state index contributed by atoms with van der Waals surface area (Å²) in [6.45, 7) is 7.18. The molecular weight excluding hydrogens is 242 g/mol. The molecule has 0 spiro atoms. The van der Waals surface area contributed by atoms with Crippen LogP contribution in [0.15, 0.2) is 23.6 Å². The molecule has 0 aliphatic heterocycles. The molecule has 1 N–H and O–H groups in total. The third-order valence-corrected chi connectivity index (χ3v) is 3.98. The minimum absolute atomic E-state index is 0.505. The number of hydrogen-bond acceptors (Lipinski definition) is 4. The molecule has 96 valence electrons. The van der Waals surface area contributed by atoms with Crippen molar-refractivity contribution in [1.82, 2.24) is 9.97 Å². The van der Waals surface area contributed by atoms with Crippen molar-refractivity contribution in [2.75, 3.05) is 11.9 Å². The Morgan fingerprint density at radius 1 is 1.39 bits per heavy atom. The standard InChI is InChI=1S/C14H19N3S/c1-4-12-8-14(17-11(3)16-12)15-9-10(2)13-6-5-7-18-13/h5-8,10H,4,9H2,1-3H3,(H,15,16,17). The molecule has 18 heavy (non-hydrogen) atoms. The quantitative estimate of drug-likeness (QED) is 0.893. The summed E-state index contributed by atoms with van der Waals surface area (Å²) in [6, 6.07) is 6.31. The molecule has 2 rings (SSSR count). The van der Waals surface area contributed by atoms with Gasteiger partial charge in [0.2, 0.25) is 0 Å². The van der Waals surface area contributed by atoms with Gasteiger partial charge in [-0.05, 0) is 24.8 Å². The van der Waals surface area contributed by atoms with Crippen LogP contribution in [0, 0.1) is 6.92 Å². The zero-order valence-electron chi connectivity index (χ0n) is 11.1. The second-order valence-electron chi connectivity index (χ2n) is 4.44. The van der Waals surface area contributed by atoms with Gasteiger partial charge in [-0.25, -0.2) is 9.97 Å². The highest BCUT2D eigenvalue weighted by molar-refractivity contribution is 7.10. The number of hydrogen-bond donors (Lipinski definition) is 1. The zero-order chi connectivity index (χ0) is 13.0. The third-order valence-electron chi connectivity index (χ3n) is 2.87. The van der Waals surface area contributed by atoms with Gasteiger partial charge < -0.3 is 5.32 Å². The normalized spacial score (nSPS) is 12.4. The first-order valence-corrected chi connectivity index (χ1v) is 7.19. The third kappa shape index (κ3) is 3.29. The van der Waals surface area contributed by atoms with E-state index in [9.17, 15) is 0 Å². The van der Waals surface area contributed by atoms with Gasteiger partial charge in [-0.15, -0.1) is 11.3 Å². The average Bonchev–Trinajstić information content (AvgIpc) is 2.89. The maximum Gasteiger partial charge on any atom is 0.129 e. The first-order valence-electron chi connectivity index (χ1n) is 6.31. The first-order chi connectivity index (χ1) is 8.69. The van der Waals surface area contributed by atoms with Crippen LogP contribution in [0.2, 0.25) is 0 Å². The van der Waals surface area contributed by atoms with E-state index in [2.05, 4.69) is 46.6 Å². The van der Waals surface area contributed by atoms with Crippen LogP contribution in [0.1, 0.15) is 36.2 Å². The predicted octanol–water partition coefficient (Wildman–Crippen LogP) is 3.62. The van der Waals surface area contributed by atoms with Gasteiger partial charge in [-0.3, -0.25) is 0 Å². The van der Waals surface area contributed by atoms with E-state index in [0.717, 1.165) is 30.3 Å². The largest absolute Gasteiger partial charge is 0.369 e. The van der Waals surface area contributed by atoms with E-state index in [1.165, 1.54) is 4.88 Å². The van der Waals surface area contributed by atoms with Gasteiger partial charge in [0, 0.05) is 29.1 Å². The molecular formula is C14H19N3S. The van der Waals surface area contributed by atoms with Crippen LogP contribution in [0.3, 0.4) is 0 Å². The number of anilines is 1. The van der Waals surface area contributed by atoms with Crippen molar-refractivity contribution in [2.24, 2.45) is 0 Å². The molecule has 2 heterocycles. The van der Waals surface area contributed by atoms with Crippen molar-refractivity contribution >= 4 is 17.2 Å². The summed E-state index contributed by atoms with van der Waals surface area (Å²) in [7, 11) is 0. The zero-order valence-corrected chi connectivity index (χ0v) is 11.9. The van der Waals surface area contributed by atoms with E-state index in [0.29, 0.717) is 5.92 Å². The minimum Gasteiger partial charge on any atom is -0.369 e. The summed E-state index contributed by atoms with van der Waals surface area (Å²) < 4.78 is 0. The Bertz CT molecular complexity index is 494. The Labute approximate surface area is 112 Å². The maximum atomic E-state index is 4.42. The number of thiophene rings is 1. The van der Waals surface area contributed by atoms with Crippen molar-refractivity contribution in [3.8, 4) is 0 Å². The summed E-state index contributed by atoms with van der Waals surface area (Å²) in [5.41, 5.74) is 1.09. The molecule has 3 nitrogen and oxygen atoms in total. The molecule has 0 saturated carbocycles. The summed E-state index contributed by atoms with van der Waals surface area (Å²) >= 11 is 1.80. The number of aromatic nitrogens is 2. The molecule has 0 aromatic carbocycles. The Morgan fingerprint density at radius 3 is 2.89 bits per heavy atom. The molecule has 0 bridgehead atoms. The molecule has 0 fully saturated rings. The number of nitrogens with one attached hydrogen (secondary N) is 1. The summed E-state index contributed by atoms with van der Waals surface area (Å²) in [5, 5.41) is 5.52. The highest BCUT2D eigenvalue weighted by Gasteiger charge is 2.07. The van der Waals surface area contributed by atoms with Crippen LogP contribution in [0.4, 0.5) is 5.82 Å². The van der Waals surface area contributed by atoms with Crippen molar-refractivity contribution in [1.29, 1.82) is 0 Å². The fraction of sp³-hybridized carbons (Fsp3) is 0.429. The average molecular weight is 261 g/mol. The monoisotopic (exact) mass is 261 g/mol. The van der Waals surface area contributed by atoms with E-state index >= 15 is 0 Å². The SMILES string of the molecule is CCc1cc(NCC(C)c2cccs2)nc(C)n1. The van der Waals surface area contributed by atoms with Gasteiger partial charge >= 0.3 is 0 Å². The van der Waals surface area contributed by atoms with Crippen molar-refractivity contribution in [3.63, 3.8) is 0 Å². The van der Waals surface area contributed by atoms with E-state index in [1.54, 1.807) is 11.3 Å². The lowest BCUT2D eigenvalue weighted by molar-refractivity contribution is 0.814. The summed E-state index contributed by atoms with van der Waals surface area (Å²) in [4.78, 5) is 10.2. The van der Waals surface area contributed by atoms with Gasteiger partial charge in [0.25, 0.3) is 0 Å². The van der Waals surface area contributed by atoms with E-state index in [4.69, 9.17) is 0 Å². The molecule has 2 aromatic heterocycles. The summed E-state index contributed by atoms with van der Waals surface area (Å²) in [5.74, 6) is 2.27. The van der Waals surface area contributed by atoms with Crippen LogP contribution in [0.25, 0.3) is 0 Å². The Hall–Kier alpha value is -1.42. The van der Waals surface area contributed by atoms with Gasteiger partial charge in [0.1, 0.15) is 11.6 Å². The molecule has 0 aliphatic carbocycles. The van der Waals surface area contributed by atoms with Crippen molar-refractivity contribution in [3.05, 3.63) is 40.0 Å². The smallest absolute Gasteiger partial charge is 0.129 e. The van der Waals surface area contributed by atoms with Gasteiger partial charge in [-0.2, -0.15) is 0 Å². The fourth-order valence-electron chi connectivity index (χ4n) is 1.83. The first kappa shape index (κ1) is 13.0. The molecule has 0 saturated heterocycles. The molecule has 1 unspecified atom stereocenters. The van der Waals surface area contributed by atoms with Crippen molar-refractivity contribution in [2.45, 2.75) is 33.1 Å². The second kappa shape index (κ2) is 5.96. The van der Waals surface area contributed by atoms with E-state index in [-0.39, 0.29) is 0 Å². The lowest BCUT2D eigenvalue weighted by Gasteiger charge is -2.12. The molecule has 2 aromatic rings. The highest BCUT2D eigenvalue weighted by atomic mass is 32.1. The van der Waals surface area contributed by atoms with Crippen LogP contribution in [-0.4, -0.2) is 16.5 Å². The predicted molar refractivity (Wildman–Crippen MR) is 77.4 cm³/mol. The van der Waals surface area contributed by atoms with E-state index in [1.807, 2.05) is 13.0 Å².